The first-order valence-corrected chi connectivity index (χ1v) is 6.49. The van der Waals surface area contributed by atoms with Crippen LogP contribution in [0.2, 0.25) is 0 Å². The van der Waals surface area contributed by atoms with E-state index in [9.17, 15) is 13.2 Å². The minimum atomic E-state index is -4.41. The first-order valence-electron chi connectivity index (χ1n) is 5.70. The number of nitrogens with one attached hydrogen (secondary N) is 1. The number of hydrogen-bond acceptors (Lipinski definition) is 2. The van der Waals surface area contributed by atoms with Crippen molar-refractivity contribution in [2.45, 2.75) is 25.9 Å². The standard InChI is InChI=1S/C12H11BrF3N3/c1-2-3-10-17-11(19-18-10)7-4-5-9(13)8(6-7)12(14,15)16/h4-6H,2-3H2,1H3,(H,17,18,19). The highest BCUT2D eigenvalue weighted by atomic mass is 79.9. The molecule has 0 spiro atoms. The van der Waals surface area contributed by atoms with Gasteiger partial charge in [-0.1, -0.05) is 22.9 Å². The van der Waals surface area contributed by atoms with E-state index in [-0.39, 0.29) is 10.3 Å². The fourth-order valence-corrected chi connectivity index (χ4v) is 2.13. The highest BCUT2D eigenvalue weighted by molar-refractivity contribution is 9.10. The van der Waals surface area contributed by atoms with Crippen molar-refractivity contribution >= 4 is 15.9 Å². The second kappa shape index (κ2) is 5.32. The van der Waals surface area contributed by atoms with Gasteiger partial charge in [0, 0.05) is 16.5 Å². The number of H-pyrrole nitrogens is 1. The molecule has 19 heavy (non-hydrogen) atoms. The third-order valence-electron chi connectivity index (χ3n) is 2.55. The summed E-state index contributed by atoms with van der Waals surface area (Å²) < 4.78 is 38.4. The summed E-state index contributed by atoms with van der Waals surface area (Å²) in [6.45, 7) is 1.99. The highest BCUT2D eigenvalue weighted by Gasteiger charge is 2.33. The van der Waals surface area contributed by atoms with Crippen LogP contribution in [0, 0.1) is 0 Å². The van der Waals surface area contributed by atoms with Crippen LogP contribution in [0.5, 0.6) is 0 Å². The van der Waals surface area contributed by atoms with Crippen LogP contribution in [0.25, 0.3) is 11.4 Å². The Morgan fingerprint density at radius 1 is 1.32 bits per heavy atom. The Morgan fingerprint density at radius 2 is 2.05 bits per heavy atom. The lowest BCUT2D eigenvalue weighted by atomic mass is 10.1. The number of benzene rings is 1. The smallest absolute Gasteiger partial charge is 0.263 e. The quantitative estimate of drug-likeness (QED) is 0.914. The summed E-state index contributed by atoms with van der Waals surface area (Å²) in [7, 11) is 0. The number of aromatic nitrogens is 3. The normalized spacial score (nSPS) is 11.8. The van der Waals surface area contributed by atoms with Crippen molar-refractivity contribution in [1.82, 2.24) is 15.2 Å². The number of aromatic amines is 1. The molecule has 1 aromatic heterocycles. The van der Waals surface area contributed by atoms with Crippen LogP contribution in [0.15, 0.2) is 22.7 Å². The fraction of sp³-hybridized carbons (Fsp3) is 0.333. The summed E-state index contributed by atoms with van der Waals surface area (Å²) in [4.78, 5) is 4.17. The molecule has 0 bridgehead atoms. The largest absolute Gasteiger partial charge is 0.417 e. The Hall–Kier alpha value is -1.37. The van der Waals surface area contributed by atoms with Crippen LogP contribution < -0.4 is 0 Å². The predicted octanol–water partition coefficient (Wildman–Crippen LogP) is 4.21. The Bertz CT molecular complexity index is 578. The van der Waals surface area contributed by atoms with E-state index in [1.165, 1.54) is 6.07 Å². The predicted molar refractivity (Wildman–Crippen MR) is 68.5 cm³/mol. The van der Waals surface area contributed by atoms with Gasteiger partial charge >= 0.3 is 6.18 Å². The molecule has 2 rings (SSSR count). The second-order valence-electron chi connectivity index (χ2n) is 4.05. The lowest BCUT2D eigenvalue weighted by Crippen LogP contribution is -2.06. The monoisotopic (exact) mass is 333 g/mol. The van der Waals surface area contributed by atoms with E-state index in [0.29, 0.717) is 11.4 Å². The molecule has 0 amide bonds. The number of halogens is 4. The zero-order valence-electron chi connectivity index (χ0n) is 10.1. The first-order chi connectivity index (χ1) is 8.91. The maximum Gasteiger partial charge on any atom is 0.417 e. The molecule has 3 nitrogen and oxygen atoms in total. The fourth-order valence-electron chi connectivity index (χ4n) is 1.65. The van der Waals surface area contributed by atoms with Crippen molar-refractivity contribution in [3.63, 3.8) is 0 Å². The topological polar surface area (TPSA) is 41.6 Å². The van der Waals surface area contributed by atoms with E-state index in [0.717, 1.165) is 18.9 Å². The maximum atomic E-state index is 12.8. The Balaban J connectivity index is 2.39. The summed E-state index contributed by atoms with van der Waals surface area (Å²) in [5, 5.41) is 6.66. The van der Waals surface area contributed by atoms with Gasteiger partial charge in [-0.25, -0.2) is 4.98 Å². The van der Waals surface area contributed by atoms with Gasteiger partial charge in [0.15, 0.2) is 5.82 Å². The Kier molecular flexibility index (Phi) is 3.93. The molecule has 0 aliphatic heterocycles. The van der Waals surface area contributed by atoms with E-state index < -0.39 is 11.7 Å². The van der Waals surface area contributed by atoms with Crippen molar-refractivity contribution in [1.29, 1.82) is 0 Å². The van der Waals surface area contributed by atoms with Gasteiger partial charge in [0.1, 0.15) is 5.82 Å². The maximum absolute atomic E-state index is 12.8. The number of nitrogens with zero attached hydrogens (tertiary/aromatic N) is 2. The van der Waals surface area contributed by atoms with Crippen LogP contribution in [0.4, 0.5) is 13.2 Å². The average molecular weight is 334 g/mol. The van der Waals surface area contributed by atoms with Crippen LogP contribution in [-0.2, 0) is 12.6 Å². The lowest BCUT2D eigenvalue weighted by Gasteiger charge is -2.09. The highest BCUT2D eigenvalue weighted by Crippen LogP contribution is 2.36. The van der Waals surface area contributed by atoms with E-state index in [2.05, 4.69) is 31.1 Å². The molecule has 0 saturated carbocycles. The van der Waals surface area contributed by atoms with Gasteiger partial charge in [0.2, 0.25) is 0 Å². The molecule has 1 heterocycles. The van der Waals surface area contributed by atoms with Gasteiger partial charge in [-0.3, -0.25) is 5.10 Å². The van der Waals surface area contributed by atoms with E-state index in [1.807, 2.05) is 6.92 Å². The van der Waals surface area contributed by atoms with Crippen molar-refractivity contribution in [3.05, 3.63) is 34.1 Å². The molecule has 102 valence electrons. The van der Waals surface area contributed by atoms with Gasteiger partial charge in [-0.15, -0.1) is 0 Å². The van der Waals surface area contributed by atoms with Gasteiger partial charge < -0.3 is 0 Å². The van der Waals surface area contributed by atoms with Crippen LogP contribution >= 0.6 is 15.9 Å². The molecule has 0 aliphatic carbocycles. The first kappa shape index (κ1) is 14.0. The average Bonchev–Trinajstić information content (AvgIpc) is 2.77. The Labute approximate surface area is 116 Å². The summed E-state index contributed by atoms with van der Waals surface area (Å²) in [5.41, 5.74) is -0.388. The minimum Gasteiger partial charge on any atom is -0.263 e. The van der Waals surface area contributed by atoms with E-state index >= 15 is 0 Å². The van der Waals surface area contributed by atoms with Gasteiger partial charge in [0.05, 0.1) is 5.56 Å². The third kappa shape index (κ3) is 3.15. The number of alkyl halides is 3. The van der Waals surface area contributed by atoms with Crippen molar-refractivity contribution < 1.29 is 13.2 Å². The summed E-state index contributed by atoms with van der Waals surface area (Å²) in [6.07, 6.45) is -2.80. The molecule has 0 aliphatic rings. The zero-order valence-corrected chi connectivity index (χ0v) is 11.6. The number of aryl methyl sites for hydroxylation is 1. The SMILES string of the molecule is CCCc1nc(-c2ccc(Br)c(C(F)(F)F)c2)n[nH]1. The molecule has 0 radical (unpaired) electrons. The second-order valence-corrected chi connectivity index (χ2v) is 4.90. The summed E-state index contributed by atoms with van der Waals surface area (Å²) in [6, 6.07) is 3.95. The molecule has 2 aromatic rings. The van der Waals surface area contributed by atoms with Gasteiger partial charge in [-0.2, -0.15) is 18.3 Å². The number of rotatable bonds is 3. The molecule has 0 atom stereocenters. The molecular weight excluding hydrogens is 323 g/mol. The van der Waals surface area contributed by atoms with Crippen molar-refractivity contribution in [2.24, 2.45) is 0 Å². The minimum absolute atomic E-state index is 0.00747. The van der Waals surface area contributed by atoms with Crippen LogP contribution in [-0.4, -0.2) is 15.2 Å². The van der Waals surface area contributed by atoms with Crippen molar-refractivity contribution in [2.75, 3.05) is 0 Å². The summed E-state index contributed by atoms with van der Waals surface area (Å²) >= 11 is 2.90. The summed E-state index contributed by atoms with van der Waals surface area (Å²) in [5.74, 6) is 0.954. The van der Waals surface area contributed by atoms with Crippen LogP contribution in [0.1, 0.15) is 24.7 Å². The zero-order chi connectivity index (χ0) is 14.0. The van der Waals surface area contributed by atoms with E-state index in [4.69, 9.17) is 0 Å². The third-order valence-corrected chi connectivity index (χ3v) is 3.24. The molecule has 1 aromatic carbocycles. The molecule has 0 fully saturated rings. The Morgan fingerprint density at radius 3 is 2.68 bits per heavy atom. The number of hydrogen-bond donors (Lipinski definition) is 1. The molecule has 0 unspecified atom stereocenters. The molecule has 7 heteroatoms. The van der Waals surface area contributed by atoms with Gasteiger partial charge in [-0.05, 0) is 24.6 Å². The van der Waals surface area contributed by atoms with Gasteiger partial charge in [0.25, 0.3) is 0 Å². The molecular formula is C12H11BrF3N3. The molecule has 0 saturated heterocycles. The van der Waals surface area contributed by atoms with Crippen LogP contribution in [0.3, 0.4) is 0 Å². The van der Waals surface area contributed by atoms with E-state index in [1.54, 1.807) is 6.07 Å². The van der Waals surface area contributed by atoms with Crippen molar-refractivity contribution in [3.8, 4) is 11.4 Å². The molecule has 1 N–H and O–H groups in total. The lowest BCUT2D eigenvalue weighted by molar-refractivity contribution is -0.138.